The van der Waals surface area contributed by atoms with Gasteiger partial charge in [-0.2, -0.15) is 0 Å². The number of aromatic hydroxyl groups is 1. The zero-order chi connectivity index (χ0) is 21.8. The summed E-state index contributed by atoms with van der Waals surface area (Å²) in [5.41, 5.74) is 1.95. The van der Waals surface area contributed by atoms with E-state index in [0.29, 0.717) is 5.75 Å². The molecule has 0 unspecified atom stereocenters. The monoisotopic (exact) mass is 410 g/mol. The number of carbonyl (C=O) groups excluding carboxylic acids is 1. The number of benzene rings is 1. The predicted octanol–water partition coefficient (Wildman–Crippen LogP) is 5.84. The van der Waals surface area contributed by atoms with Crippen molar-refractivity contribution in [2.75, 3.05) is 19.4 Å². The standard InChI is InChI=1S/C22H35O5P/c1-9-26-28(25,27-10-2)15-17(23)12-11-16-13-18(21(3,4)5)20(24)19(14-16)22(6,7)8/h11-14,24H,9-10,15H2,1-8H3. The molecule has 0 amide bonds. The van der Waals surface area contributed by atoms with Crippen molar-refractivity contribution in [2.24, 2.45) is 0 Å². The van der Waals surface area contributed by atoms with Crippen LogP contribution in [0.1, 0.15) is 72.1 Å². The van der Waals surface area contributed by atoms with Crippen LogP contribution >= 0.6 is 7.60 Å². The lowest BCUT2D eigenvalue weighted by Gasteiger charge is -2.27. The normalized spacial score (nSPS) is 13.3. The topological polar surface area (TPSA) is 72.8 Å². The lowest BCUT2D eigenvalue weighted by atomic mass is 9.78. The molecule has 0 saturated carbocycles. The molecule has 0 radical (unpaired) electrons. The molecule has 5 nitrogen and oxygen atoms in total. The largest absolute Gasteiger partial charge is 0.507 e. The summed E-state index contributed by atoms with van der Waals surface area (Å²) in [6.45, 7) is 16.1. The Bertz CT molecular complexity index is 721. The molecule has 1 aromatic carbocycles. The minimum absolute atomic E-state index is 0.218. The molecule has 0 saturated heterocycles. The maximum atomic E-state index is 12.5. The van der Waals surface area contributed by atoms with Crippen molar-refractivity contribution < 1.29 is 23.5 Å². The summed E-state index contributed by atoms with van der Waals surface area (Å²) in [6.07, 6.45) is 2.80. The molecule has 0 bridgehead atoms. The van der Waals surface area contributed by atoms with Crippen molar-refractivity contribution in [1.82, 2.24) is 0 Å². The fourth-order valence-corrected chi connectivity index (χ4v) is 4.38. The quantitative estimate of drug-likeness (QED) is 0.431. The van der Waals surface area contributed by atoms with E-state index in [1.807, 2.05) is 53.7 Å². The second kappa shape index (κ2) is 9.39. The highest BCUT2D eigenvalue weighted by Gasteiger charge is 2.27. The Kier molecular flexibility index (Phi) is 8.25. The van der Waals surface area contributed by atoms with Crippen LogP contribution in [0.25, 0.3) is 6.08 Å². The molecule has 1 aromatic rings. The number of hydrogen-bond acceptors (Lipinski definition) is 5. The first-order valence-electron chi connectivity index (χ1n) is 9.70. The van der Waals surface area contributed by atoms with Gasteiger partial charge in [-0.05, 0) is 48.4 Å². The van der Waals surface area contributed by atoms with E-state index in [0.717, 1.165) is 16.7 Å². The highest BCUT2D eigenvalue weighted by molar-refractivity contribution is 7.54. The van der Waals surface area contributed by atoms with Crippen molar-refractivity contribution in [3.05, 3.63) is 34.9 Å². The molecule has 1 N–H and O–H groups in total. The number of carbonyl (C=O) groups is 1. The van der Waals surface area contributed by atoms with E-state index in [-0.39, 0.29) is 36.0 Å². The summed E-state index contributed by atoms with van der Waals surface area (Å²) >= 11 is 0. The summed E-state index contributed by atoms with van der Waals surface area (Å²) in [6, 6.07) is 3.78. The number of allylic oxidation sites excluding steroid dienone is 1. The third-order valence-electron chi connectivity index (χ3n) is 4.21. The molecule has 0 aliphatic carbocycles. The van der Waals surface area contributed by atoms with E-state index in [1.165, 1.54) is 6.08 Å². The second-order valence-corrected chi connectivity index (χ2v) is 10.9. The molecule has 0 atom stereocenters. The predicted molar refractivity (Wildman–Crippen MR) is 115 cm³/mol. The number of hydrogen-bond donors (Lipinski definition) is 1. The van der Waals surface area contributed by atoms with Crippen molar-refractivity contribution in [1.29, 1.82) is 0 Å². The summed E-state index contributed by atoms with van der Waals surface area (Å²) in [7, 11) is -3.42. The molecule has 158 valence electrons. The van der Waals surface area contributed by atoms with Gasteiger partial charge in [-0.25, -0.2) is 0 Å². The van der Waals surface area contributed by atoms with Gasteiger partial charge in [0.15, 0.2) is 5.78 Å². The first-order valence-corrected chi connectivity index (χ1v) is 11.4. The van der Waals surface area contributed by atoms with Gasteiger partial charge in [0.1, 0.15) is 11.9 Å². The molecule has 0 heterocycles. The number of phenolic OH excluding ortho intramolecular Hbond substituents is 1. The van der Waals surface area contributed by atoms with Crippen LogP contribution in [0.2, 0.25) is 0 Å². The van der Waals surface area contributed by atoms with Gasteiger partial charge in [-0.1, -0.05) is 47.6 Å². The van der Waals surface area contributed by atoms with Gasteiger partial charge >= 0.3 is 7.60 Å². The zero-order valence-electron chi connectivity index (χ0n) is 18.5. The van der Waals surface area contributed by atoms with Crippen LogP contribution in [-0.4, -0.2) is 30.3 Å². The Morgan fingerprint density at radius 2 is 1.43 bits per heavy atom. The zero-order valence-corrected chi connectivity index (χ0v) is 19.4. The van der Waals surface area contributed by atoms with E-state index in [1.54, 1.807) is 19.9 Å². The maximum Gasteiger partial charge on any atom is 0.338 e. The van der Waals surface area contributed by atoms with Crippen molar-refractivity contribution >= 4 is 19.5 Å². The van der Waals surface area contributed by atoms with E-state index >= 15 is 0 Å². The minimum atomic E-state index is -3.42. The van der Waals surface area contributed by atoms with E-state index in [9.17, 15) is 14.5 Å². The van der Waals surface area contributed by atoms with Gasteiger partial charge in [-0.15, -0.1) is 0 Å². The molecule has 0 spiro atoms. The summed E-state index contributed by atoms with van der Waals surface area (Å²) < 4.78 is 22.9. The van der Waals surface area contributed by atoms with E-state index < -0.39 is 7.60 Å². The van der Waals surface area contributed by atoms with Crippen LogP contribution < -0.4 is 0 Å². The van der Waals surface area contributed by atoms with Crippen LogP contribution in [0.15, 0.2) is 18.2 Å². The third kappa shape index (κ3) is 6.88. The fourth-order valence-electron chi connectivity index (χ4n) is 2.85. The maximum absolute atomic E-state index is 12.5. The first-order chi connectivity index (χ1) is 12.7. The smallest absolute Gasteiger partial charge is 0.338 e. The molecular weight excluding hydrogens is 375 g/mol. The van der Waals surface area contributed by atoms with Crippen molar-refractivity contribution in [3.63, 3.8) is 0 Å². The highest BCUT2D eigenvalue weighted by Crippen LogP contribution is 2.48. The Labute approximate surface area is 169 Å². The van der Waals surface area contributed by atoms with Gasteiger partial charge in [0.25, 0.3) is 0 Å². The average molecular weight is 410 g/mol. The van der Waals surface area contributed by atoms with E-state index in [2.05, 4.69) is 0 Å². The van der Waals surface area contributed by atoms with E-state index in [4.69, 9.17) is 9.05 Å². The molecular formula is C22H35O5P. The molecule has 0 aliphatic heterocycles. The molecule has 28 heavy (non-hydrogen) atoms. The summed E-state index contributed by atoms with van der Waals surface area (Å²) in [4.78, 5) is 12.3. The number of rotatable bonds is 8. The molecule has 0 aliphatic rings. The van der Waals surface area contributed by atoms with Crippen LogP contribution in [0.4, 0.5) is 0 Å². The van der Waals surface area contributed by atoms with Gasteiger partial charge in [0, 0.05) is 11.1 Å². The van der Waals surface area contributed by atoms with Gasteiger partial charge in [0.2, 0.25) is 0 Å². The minimum Gasteiger partial charge on any atom is -0.507 e. The third-order valence-corrected chi connectivity index (χ3v) is 6.21. The second-order valence-electron chi connectivity index (χ2n) is 8.87. The Morgan fingerprint density at radius 1 is 1.00 bits per heavy atom. The van der Waals surface area contributed by atoms with Crippen LogP contribution in [0.3, 0.4) is 0 Å². The molecule has 6 heteroatoms. The lowest BCUT2D eigenvalue weighted by Crippen LogP contribution is -2.17. The summed E-state index contributed by atoms with van der Waals surface area (Å²) in [5.74, 6) is -0.0337. The molecule has 1 rings (SSSR count). The SMILES string of the molecule is CCOP(=O)(CC(=O)C=Cc1cc(C(C)(C)C)c(O)c(C(C)(C)C)c1)OCC. The van der Waals surface area contributed by atoms with Crippen molar-refractivity contribution in [2.45, 2.75) is 66.2 Å². The fraction of sp³-hybridized carbons (Fsp3) is 0.591. The Hall–Kier alpha value is -1.42. The lowest BCUT2D eigenvalue weighted by molar-refractivity contribution is -0.112. The Morgan fingerprint density at radius 3 is 1.79 bits per heavy atom. The highest BCUT2D eigenvalue weighted by atomic mass is 31.2. The molecule has 0 fully saturated rings. The van der Waals surface area contributed by atoms with Gasteiger partial charge < -0.3 is 14.2 Å². The molecule has 0 aromatic heterocycles. The van der Waals surface area contributed by atoms with Gasteiger partial charge in [-0.3, -0.25) is 9.36 Å². The van der Waals surface area contributed by atoms with Crippen molar-refractivity contribution in [3.8, 4) is 5.75 Å². The number of phenols is 1. The van der Waals surface area contributed by atoms with Gasteiger partial charge in [0.05, 0.1) is 13.2 Å². The average Bonchev–Trinajstić information content (AvgIpc) is 2.51. The first kappa shape index (κ1) is 24.6. The van der Waals surface area contributed by atoms with Crippen LogP contribution in [0.5, 0.6) is 5.75 Å². The Balaban J connectivity index is 3.23. The number of ketones is 1. The van der Waals surface area contributed by atoms with Crippen LogP contribution in [0, 0.1) is 0 Å². The summed E-state index contributed by atoms with van der Waals surface area (Å²) in [5, 5.41) is 10.8. The van der Waals surface area contributed by atoms with Crippen LogP contribution in [-0.2, 0) is 29.2 Å².